The number of carbonyl (C=O) groups is 2. The Morgan fingerprint density at radius 3 is 2.60 bits per heavy atom. The zero-order chi connectivity index (χ0) is 14.3. The zero-order valence-corrected chi connectivity index (χ0v) is 12.6. The summed E-state index contributed by atoms with van der Waals surface area (Å²) >= 11 is 5.97. The number of amides is 1. The first kappa shape index (κ1) is 18.5. The topological polar surface area (TPSA) is 76.7 Å². The number of likely N-dealkylation sites (N-methyl/N-ethyl adjacent to an activating group) is 1. The molecule has 0 aliphatic heterocycles. The largest absolute Gasteiger partial charge is 0.480 e. The van der Waals surface area contributed by atoms with Crippen LogP contribution in [0.25, 0.3) is 0 Å². The van der Waals surface area contributed by atoms with E-state index in [1.165, 1.54) is 7.11 Å². The Kier molecular flexibility index (Phi) is 8.71. The fourth-order valence-electron chi connectivity index (χ4n) is 1.26. The summed E-state index contributed by atoms with van der Waals surface area (Å²) in [6, 6.07) is 4.74. The smallest absolute Gasteiger partial charge is 0.343 e. The third kappa shape index (κ3) is 6.10. The van der Waals surface area contributed by atoms with Gasteiger partial charge in [0.1, 0.15) is 5.75 Å². The Labute approximate surface area is 128 Å². The van der Waals surface area contributed by atoms with Crippen molar-refractivity contribution in [2.24, 2.45) is 0 Å². The molecule has 0 unspecified atom stereocenters. The van der Waals surface area contributed by atoms with Gasteiger partial charge in [0, 0.05) is 5.69 Å². The number of anilines is 1. The van der Waals surface area contributed by atoms with Crippen molar-refractivity contribution >= 4 is 41.6 Å². The van der Waals surface area contributed by atoms with E-state index in [0.29, 0.717) is 16.5 Å². The highest BCUT2D eigenvalue weighted by atomic mass is 35.5. The second-order valence-electron chi connectivity index (χ2n) is 3.59. The molecule has 1 aromatic rings. The molecule has 0 radical (unpaired) electrons. The van der Waals surface area contributed by atoms with E-state index < -0.39 is 5.97 Å². The molecule has 6 nitrogen and oxygen atoms in total. The van der Waals surface area contributed by atoms with E-state index in [1.807, 2.05) is 0 Å². The van der Waals surface area contributed by atoms with Crippen molar-refractivity contribution in [1.82, 2.24) is 5.32 Å². The van der Waals surface area contributed by atoms with Gasteiger partial charge in [0.25, 0.3) is 0 Å². The molecule has 112 valence electrons. The molecule has 2 N–H and O–H groups in total. The normalized spacial score (nSPS) is 9.35. The van der Waals surface area contributed by atoms with Gasteiger partial charge in [-0.15, -0.1) is 12.4 Å². The Morgan fingerprint density at radius 1 is 1.35 bits per heavy atom. The summed E-state index contributed by atoms with van der Waals surface area (Å²) in [5.74, 6) is -0.331. The molecule has 20 heavy (non-hydrogen) atoms. The third-order valence-electron chi connectivity index (χ3n) is 2.13. The molecule has 1 aromatic carbocycles. The van der Waals surface area contributed by atoms with Gasteiger partial charge >= 0.3 is 5.97 Å². The first-order valence-corrected chi connectivity index (χ1v) is 5.88. The summed E-state index contributed by atoms with van der Waals surface area (Å²) < 4.78 is 9.61. The number of esters is 1. The second-order valence-corrected chi connectivity index (χ2v) is 4.00. The summed E-state index contributed by atoms with van der Waals surface area (Å²) in [4.78, 5) is 22.3. The third-order valence-corrected chi connectivity index (χ3v) is 2.42. The first-order chi connectivity index (χ1) is 9.06. The highest BCUT2D eigenvalue weighted by molar-refractivity contribution is 6.32. The fourth-order valence-corrected chi connectivity index (χ4v) is 1.49. The molecular weight excluding hydrogens is 307 g/mol. The molecule has 0 aliphatic carbocycles. The van der Waals surface area contributed by atoms with Crippen molar-refractivity contribution in [3.63, 3.8) is 0 Å². The number of halogens is 2. The quantitative estimate of drug-likeness (QED) is 0.776. The Hall–Kier alpha value is -1.50. The molecule has 1 amide bonds. The van der Waals surface area contributed by atoms with Crippen LogP contribution in [0.4, 0.5) is 5.69 Å². The highest BCUT2D eigenvalue weighted by Crippen LogP contribution is 2.27. The predicted octanol–water partition coefficient (Wildman–Crippen LogP) is 1.47. The molecule has 0 bridgehead atoms. The number of methoxy groups -OCH3 is 1. The molecule has 0 saturated carbocycles. The number of hydrogen-bond acceptors (Lipinski definition) is 5. The molecule has 0 aromatic heterocycles. The second kappa shape index (κ2) is 9.41. The number of hydrogen-bond donors (Lipinski definition) is 2. The van der Waals surface area contributed by atoms with E-state index in [9.17, 15) is 9.59 Å². The van der Waals surface area contributed by atoms with E-state index in [-0.39, 0.29) is 31.5 Å². The Balaban J connectivity index is 0.00000361. The van der Waals surface area contributed by atoms with Crippen LogP contribution >= 0.6 is 24.0 Å². The molecular formula is C12H16Cl2N2O4. The van der Waals surface area contributed by atoms with E-state index in [2.05, 4.69) is 15.4 Å². The van der Waals surface area contributed by atoms with Crippen molar-refractivity contribution in [3.05, 3.63) is 23.2 Å². The molecule has 0 atom stereocenters. The van der Waals surface area contributed by atoms with Crippen molar-refractivity contribution in [1.29, 1.82) is 0 Å². The molecule has 0 saturated heterocycles. The Bertz CT molecular complexity index is 469. The van der Waals surface area contributed by atoms with Crippen LogP contribution in [0.2, 0.25) is 5.02 Å². The average molecular weight is 323 g/mol. The van der Waals surface area contributed by atoms with Crippen LogP contribution in [-0.2, 0) is 14.3 Å². The predicted molar refractivity (Wildman–Crippen MR) is 78.8 cm³/mol. The summed E-state index contributed by atoms with van der Waals surface area (Å²) in [6.45, 7) is -0.0140. The number of benzene rings is 1. The summed E-state index contributed by atoms with van der Waals surface area (Å²) in [5, 5.41) is 5.68. The monoisotopic (exact) mass is 322 g/mol. The van der Waals surface area contributed by atoms with Crippen LogP contribution in [0.1, 0.15) is 0 Å². The van der Waals surface area contributed by atoms with E-state index in [1.54, 1.807) is 25.2 Å². The standard InChI is InChI=1S/C12H15ClN2O4.ClH/c1-14-6-11(16)15-8-3-4-10(9(13)5-8)19-7-12(17)18-2;/h3-5,14H,6-7H2,1-2H3,(H,15,16);1H. The van der Waals surface area contributed by atoms with Gasteiger partial charge in [0.15, 0.2) is 6.61 Å². The van der Waals surface area contributed by atoms with Crippen molar-refractivity contribution in [3.8, 4) is 5.75 Å². The van der Waals surface area contributed by atoms with Crippen molar-refractivity contribution in [2.75, 3.05) is 32.6 Å². The highest BCUT2D eigenvalue weighted by Gasteiger charge is 2.08. The molecule has 8 heteroatoms. The average Bonchev–Trinajstić information content (AvgIpc) is 2.37. The minimum atomic E-state index is -0.498. The fraction of sp³-hybridized carbons (Fsp3) is 0.333. The van der Waals surface area contributed by atoms with Crippen LogP contribution in [-0.4, -0.2) is 39.2 Å². The first-order valence-electron chi connectivity index (χ1n) is 5.50. The minimum absolute atomic E-state index is 0. The Morgan fingerprint density at radius 2 is 2.05 bits per heavy atom. The van der Waals surface area contributed by atoms with E-state index >= 15 is 0 Å². The van der Waals surface area contributed by atoms with Gasteiger partial charge in [0.2, 0.25) is 5.91 Å². The number of rotatable bonds is 6. The lowest BCUT2D eigenvalue weighted by Crippen LogP contribution is -2.25. The van der Waals surface area contributed by atoms with E-state index in [4.69, 9.17) is 16.3 Å². The van der Waals surface area contributed by atoms with Crippen LogP contribution in [0, 0.1) is 0 Å². The van der Waals surface area contributed by atoms with Gasteiger partial charge in [0.05, 0.1) is 18.7 Å². The molecule has 0 heterocycles. The van der Waals surface area contributed by atoms with Gasteiger partial charge in [-0.1, -0.05) is 11.6 Å². The summed E-state index contributed by atoms with van der Waals surface area (Å²) in [5.41, 5.74) is 0.552. The number of carbonyl (C=O) groups excluding carboxylic acids is 2. The minimum Gasteiger partial charge on any atom is -0.480 e. The summed E-state index contributed by atoms with van der Waals surface area (Å²) in [7, 11) is 2.95. The lowest BCUT2D eigenvalue weighted by atomic mass is 10.3. The number of ether oxygens (including phenoxy) is 2. The molecule has 0 aliphatic rings. The maximum Gasteiger partial charge on any atom is 0.343 e. The van der Waals surface area contributed by atoms with Crippen LogP contribution in [0.15, 0.2) is 18.2 Å². The lowest BCUT2D eigenvalue weighted by Gasteiger charge is -2.09. The van der Waals surface area contributed by atoms with Crippen LogP contribution < -0.4 is 15.4 Å². The summed E-state index contributed by atoms with van der Waals surface area (Å²) in [6.07, 6.45) is 0. The van der Waals surface area contributed by atoms with Crippen LogP contribution in [0.5, 0.6) is 5.75 Å². The van der Waals surface area contributed by atoms with Crippen LogP contribution in [0.3, 0.4) is 0 Å². The van der Waals surface area contributed by atoms with Gasteiger partial charge in [-0.2, -0.15) is 0 Å². The molecule has 0 fully saturated rings. The SMILES string of the molecule is CNCC(=O)Nc1ccc(OCC(=O)OC)c(Cl)c1.Cl. The maximum absolute atomic E-state index is 11.4. The maximum atomic E-state index is 11.4. The zero-order valence-electron chi connectivity index (χ0n) is 11.1. The van der Waals surface area contributed by atoms with E-state index in [0.717, 1.165) is 0 Å². The van der Waals surface area contributed by atoms with Crippen molar-refractivity contribution in [2.45, 2.75) is 0 Å². The molecule has 0 spiro atoms. The molecule has 1 rings (SSSR count). The van der Waals surface area contributed by atoms with Gasteiger partial charge in [-0.05, 0) is 25.2 Å². The lowest BCUT2D eigenvalue weighted by molar-refractivity contribution is -0.142. The van der Waals surface area contributed by atoms with Crippen molar-refractivity contribution < 1.29 is 19.1 Å². The number of nitrogens with one attached hydrogen (secondary N) is 2. The van der Waals surface area contributed by atoms with Gasteiger partial charge < -0.3 is 20.1 Å². The van der Waals surface area contributed by atoms with Gasteiger partial charge in [-0.3, -0.25) is 4.79 Å². The van der Waals surface area contributed by atoms with Gasteiger partial charge in [-0.25, -0.2) is 4.79 Å².